The van der Waals surface area contributed by atoms with Crippen molar-refractivity contribution in [3.05, 3.63) is 35.9 Å². The molecule has 0 radical (unpaired) electrons. The molecule has 0 amide bonds. The molecule has 0 saturated heterocycles. The average Bonchev–Trinajstić information content (AvgIpc) is 2.28. The molecule has 0 spiro atoms. The van der Waals surface area contributed by atoms with Crippen molar-refractivity contribution in [2.24, 2.45) is 0 Å². The fourth-order valence-electron chi connectivity index (χ4n) is 1.74. The molecule has 0 aliphatic heterocycles. The van der Waals surface area contributed by atoms with Gasteiger partial charge in [-0.1, -0.05) is 30.3 Å². The lowest BCUT2D eigenvalue weighted by Crippen LogP contribution is -2.19. The number of aliphatic hydroxyl groups is 1. The zero-order chi connectivity index (χ0) is 11.8. The first kappa shape index (κ1) is 13.2. The van der Waals surface area contributed by atoms with Crippen molar-refractivity contribution in [2.75, 3.05) is 20.6 Å². The number of benzene rings is 1. The third-order valence-corrected chi connectivity index (χ3v) is 2.76. The van der Waals surface area contributed by atoms with Crippen LogP contribution < -0.4 is 0 Å². The Morgan fingerprint density at radius 3 is 2.44 bits per heavy atom. The van der Waals surface area contributed by atoms with Gasteiger partial charge in [-0.05, 0) is 51.9 Å². The third-order valence-electron chi connectivity index (χ3n) is 2.76. The minimum atomic E-state index is -0.147. The van der Waals surface area contributed by atoms with E-state index in [1.54, 1.807) is 0 Å². The second-order valence-corrected chi connectivity index (χ2v) is 4.62. The molecule has 0 fully saturated rings. The fourth-order valence-corrected chi connectivity index (χ4v) is 1.74. The largest absolute Gasteiger partial charge is 0.393 e. The fraction of sp³-hybridized carbons (Fsp3) is 0.571. The number of aryl methyl sites for hydroxylation is 1. The van der Waals surface area contributed by atoms with Crippen LogP contribution in [-0.4, -0.2) is 36.8 Å². The predicted octanol–water partition coefficient (Wildman–Crippen LogP) is 2.32. The third kappa shape index (κ3) is 5.89. The molecule has 0 aromatic heterocycles. The topological polar surface area (TPSA) is 23.5 Å². The average molecular weight is 221 g/mol. The second kappa shape index (κ2) is 7.42. The lowest BCUT2D eigenvalue weighted by atomic mass is 10.0. The summed E-state index contributed by atoms with van der Waals surface area (Å²) >= 11 is 0. The van der Waals surface area contributed by atoms with Crippen LogP contribution in [0, 0.1) is 0 Å². The molecule has 90 valence electrons. The van der Waals surface area contributed by atoms with E-state index >= 15 is 0 Å². The molecule has 0 bridgehead atoms. The van der Waals surface area contributed by atoms with E-state index in [9.17, 15) is 5.11 Å². The molecule has 1 atom stereocenters. The zero-order valence-electron chi connectivity index (χ0n) is 10.4. The van der Waals surface area contributed by atoms with Gasteiger partial charge in [0.15, 0.2) is 0 Å². The maximum absolute atomic E-state index is 9.75. The Labute approximate surface area is 98.9 Å². The standard InChI is InChI=1S/C14H23NO/c1-15(2)12-11-14(16)10-6-9-13-7-4-3-5-8-13/h3-5,7-8,14,16H,6,9-12H2,1-2H3. The summed E-state index contributed by atoms with van der Waals surface area (Å²) < 4.78 is 0. The number of aliphatic hydroxyl groups excluding tert-OH is 1. The second-order valence-electron chi connectivity index (χ2n) is 4.62. The van der Waals surface area contributed by atoms with E-state index < -0.39 is 0 Å². The van der Waals surface area contributed by atoms with Gasteiger partial charge in [-0.3, -0.25) is 0 Å². The molecule has 1 rings (SSSR count). The Balaban J connectivity index is 2.11. The summed E-state index contributed by atoms with van der Waals surface area (Å²) in [5, 5.41) is 9.75. The van der Waals surface area contributed by atoms with Crippen LogP contribution in [0.1, 0.15) is 24.8 Å². The summed E-state index contributed by atoms with van der Waals surface area (Å²) in [6.07, 6.45) is 3.77. The first-order chi connectivity index (χ1) is 7.68. The predicted molar refractivity (Wildman–Crippen MR) is 68.6 cm³/mol. The van der Waals surface area contributed by atoms with Crippen LogP contribution in [0.5, 0.6) is 0 Å². The Kier molecular flexibility index (Phi) is 6.12. The van der Waals surface area contributed by atoms with Gasteiger partial charge >= 0.3 is 0 Å². The molecular formula is C14H23NO. The van der Waals surface area contributed by atoms with E-state index in [2.05, 4.69) is 29.2 Å². The van der Waals surface area contributed by atoms with Gasteiger partial charge in [0.05, 0.1) is 6.10 Å². The first-order valence-corrected chi connectivity index (χ1v) is 6.05. The molecule has 0 aliphatic rings. The molecule has 1 aromatic carbocycles. The highest BCUT2D eigenvalue weighted by Crippen LogP contribution is 2.08. The van der Waals surface area contributed by atoms with Crippen molar-refractivity contribution in [1.82, 2.24) is 4.90 Å². The normalized spacial score (nSPS) is 13.0. The van der Waals surface area contributed by atoms with Crippen molar-refractivity contribution in [1.29, 1.82) is 0 Å². The minimum Gasteiger partial charge on any atom is -0.393 e. The molecule has 1 aromatic rings. The maximum Gasteiger partial charge on any atom is 0.0552 e. The summed E-state index contributed by atoms with van der Waals surface area (Å²) in [4.78, 5) is 2.11. The van der Waals surface area contributed by atoms with Gasteiger partial charge in [0.1, 0.15) is 0 Å². The highest BCUT2D eigenvalue weighted by atomic mass is 16.3. The van der Waals surface area contributed by atoms with Crippen LogP contribution in [0.3, 0.4) is 0 Å². The van der Waals surface area contributed by atoms with E-state index in [-0.39, 0.29) is 6.10 Å². The number of rotatable bonds is 7. The smallest absolute Gasteiger partial charge is 0.0552 e. The summed E-state index contributed by atoms with van der Waals surface area (Å²) in [6.45, 7) is 0.965. The van der Waals surface area contributed by atoms with Crippen LogP contribution in [0.2, 0.25) is 0 Å². The monoisotopic (exact) mass is 221 g/mol. The van der Waals surface area contributed by atoms with Gasteiger partial charge in [0, 0.05) is 0 Å². The van der Waals surface area contributed by atoms with Crippen molar-refractivity contribution in [2.45, 2.75) is 31.8 Å². The van der Waals surface area contributed by atoms with Gasteiger partial charge in [0.25, 0.3) is 0 Å². The molecule has 2 heteroatoms. The minimum absolute atomic E-state index is 0.147. The van der Waals surface area contributed by atoms with Crippen LogP contribution in [0.4, 0.5) is 0 Å². The van der Waals surface area contributed by atoms with Gasteiger partial charge in [-0.25, -0.2) is 0 Å². The van der Waals surface area contributed by atoms with Crippen molar-refractivity contribution in [3.8, 4) is 0 Å². The summed E-state index contributed by atoms with van der Waals surface area (Å²) in [5.74, 6) is 0. The van der Waals surface area contributed by atoms with E-state index in [1.165, 1.54) is 5.56 Å². The maximum atomic E-state index is 9.75. The molecule has 0 aliphatic carbocycles. The van der Waals surface area contributed by atoms with Gasteiger partial charge in [0.2, 0.25) is 0 Å². The molecule has 0 heterocycles. The molecule has 0 saturated carbocycles. The van der Waals surface area contributed by atoms with Crippen molar-refractivity contribution in [3.63, 3.8) is 0 Å². The Morgan fingerprint density at radius 2 is 1.81 bits per heavy atom. The highest BCUT2D eigenvalue weighted by molar-refractivity contribution is 5.14. The quantitative estimate of drug-likeness (QED) is 0.764. The van der Waals surface area contributed by atoms with Gasteiger partial charge in [-0.2, -0.15) is 0 Å². The van der Waals surface area contributed by atoms with E-state index in [4.69, 9.17) is 0 Å². The molecule has 1 N–H and O–H groups in total. The summed E-state index contributed by atoms with van der Waals surface area (Å²) in [7, 11) is 4.08. The van der Waals surface area contributed by atoms with Gasteiger partial charge in [-0.15, -0.1) is 0 Å². The molecule has 2 nitrogen and oxygen atoms in total. The highest BCUT2D eigenvalue weighted by Gasteiger charge is 2.04. The van der Waals surface area contributed by atoms with Crippen LogP contribution >= 0.6 is 0 Å². The lowest BCUT2D eigenvalue weighted by Gasteiger charge is -2.14. The van der Waals surface area contributed by atoms with E-state index in [1.807, 2.05) is 20.2 Å². The Morgan fingerprint density at radius 1 is 1.12 bits per heavy atom. The van der Waals surface area contributed by atoms with Gasteiger partial charge < -0.3 is 10.0 Å². The number of hydrogen-bond acceptors (Lipinski definition) is 2. The molecule has 16 heavy (non-hydrogen) atoms. The summed E-state index contributed by atoms with van der Waals surface area (Å²) in [5.41, 5.74) is 1.36. The Bertz CT molecular complexity index is 271. The van der Waals surface area contributed by atoms with E-state index in [0.29, 0.717) is 0 Å². The molecular weight excluding hydrogens is 198 g/mol. The van der Waals surface area contributed by atoms with Crippen LogP contribution in [0.25, 0.3) is 0 Å². The number of hydrogen-bond donors (Lipinski definition) is 1. The SMILES string of the molecule is CN(C)CCC(O)CCCc1ccccc1. The van der Waals surface area contributed by atoms with Crippen LogP contribution in [-0.2, 0) is 6.42 Å². The number of nitrogens with zero attached hydrogens (tertiary/aromatic N) is 1. The first-order valence-electron chi connectivity index (χ1n) is 6.05. The Hall–Kier alpha value is -0.860. The zero-order valence-corrected chi connectivity index (χ0v) is 10.4. The lowest BCUT2D eigenvalue weighted by molar-refractivity contribution is 0.140. The van der Waals surface area contributed by atoms with Crippen LogP contribution in [0.15, 0.2) is 30.3 Å². The van der Waals surface area contributed by atoms with Crippen molar-refractivity contribution >= 4 is 0 Å². The molecule has 1 unspecified atom stereocenters. The van der Waals surface area contributed by atoms with Crippen molar-refractivity contribution < 1.29 is 5.11 Å². The summed E-state index contributed by atoms with van der Waals surface area (Å²) in [6, 6.07) is 10.5. The van der Waals surface area contributed by atoms with E-state index in [0.717, 1.165) is 32.2 Å².